The van der Waals surface area contributed by atoms with E-state index in [9.17, 15) is 9.18 Å². The first-order valence-corrected chi connectivity index (χ1v) is 11.5. The van der Waals surface area contributed by atoms with Crippen molar-refractivity contribution in [2.75, 3.05) is 26.3 Å². The molecule has 0 radical (unpaired) electrons. The molecule has 1 aliphatic heterocycles. The highest BCUT2D eigenvalue weighted by molar-refractivity contribution is 5.97. The number of ketones is 1. The molecule has 3 aromatic rings. The van der Waals surface area contributed by atoms with E-state index in [2.05, 4.69) is 4.90 Å². The summed E-state index contributed by atoms with van der Waals surface area (Å²) in [5, 5.41) is 0. The van der Waals surface area contributed by atoms with Gasteiger partial charge in [-0.25, -0.2) is 0 Å². The molecule has 5 heteroatoms. The van der Waals surface area contributed by atoms with Gasteiger partial charge in [0.2, 0.25) is 0 Å². The molecule has 0 bridgehead atoms. The lowest BCUT2D eigenvalue weighted by molar-refractivity contribution is 0.0993. The quantitative estimate of drug-likeness (QED) is 0.364. The van der Waals surface area contributed by atoms with E-state index in [1.165, 1.54) is 0 Å². The third-order valence-electron chi connectivity index (χ3n) is 5.85. The van der Waals surface area contributed by atoms with Gasteiger partial charge in [0, 0.05) is 31.6 Å². The Balaban J connectivity index is 1.24. The van der Waals surface area contributed by atoms with Gasteiger partial charge < -0.3 is 9.47 Å². The van der Waals surface area contributed by atoms with Crippen LogP contribution in [0.15, 0.2) is 78.9 Å². The Kier molecular flexibility index (Phi) is 8.09. The van der Waals surface area contributed by atoms with E-state index in [1.807, 2.05) is 78.9 Å². The number of rotatable bonds is 11. The maximum absolute atomic E-state index is 12.7. The van der Waals surface area contributed by atoms with Crippen LogP contribution in [0.25, 0.3) is 0 Å². The zero-order chi connectivity index (χ0) is 22.9. The van der Waals surface area contributed by atoms with Crippen LogP contribution in [0.4, 0.5) is 4.39 Å². The second-order valence-corrected chi connectivity index (χ2v) is 8.41. The monoisotopic (exact) mass is 447 g/mol. The Labute approximate surface area is 195 Å². The van der Waals surface area contributed by atoms with E-state index in [0.29, 0.717) is 25.0 Å². The molecule has 4 rings (SSSR count). The summed E-state index contributed by atoms with van der Waals surface area (Å²) >= 11 is 0. The molecule has 1 aliphatic rings. The number of hydrogen-bond donors (Lipinski definition) is 0. The molecule has 1 atom stereocenters. The summed E-state index contributed by atoms with van der Waals surface area (Å²) in [6.45, 7) is 2.79. The molecule has 33 heavy (non-hydrogen) atoms. The van der Waals surface area contributed by atoms with Gasteiger partial charge in [-0.3, -0.25) is 14.1 Å². The van der Waals surface area contributed by atoms with Gasteiger partial charge in [-0.1, -0.05) is 42.5 Å². The molecule has 1 heterocycles. The normalized spacial score (nSPS) is 16.0. The highest BCUT2D eigenvalue weighted by Gasteiger charge is 2.23. The predicted molar refractivity (Wildman–Crippen MR) is 128 cm³/mol. The zero-order valence-electron chi connectivity index (χ0n) is 18.8. The van der Waals surface area contributed by atoms with E-state index in [1.54, 1.807) is 0 Å². The number of alkyl halides is 1. The summed E-state index contributed by atoms with van der Waals surface area (Å²) in [5.74, 6) is 1.62. The molecule has 0 saturated carbocycles. The van der Waals surface area contributed by atoms with Crippen LogP contribution in [-0.2, 0) is 13.0 Å². The maximum atomic E-state index is 12.7. The lowest BCUT2D eigenvalue weighted by atomic mass is 10.0. The van der Waals surface area contributed by atoms with Crippen LogP contribution >= 0.6 is 0 Å². The fourth-order valence-electron chi connectivity index (χ4n) is 4.02. The summed E-state index contributed by atoms with van der Waals surface area (Å²) in [5.41, 5.74) is 2.74. The van der Waals surface area contributed by atoms with Crippen molar-refractivity contribution in [2.45, 2.75) is 32.0 Å². The standard InChI is InChI=1S/C28H30FNO3/c29-16-4-17-30-18-15-27(20-30)33-26-13-9-24(10-14-26)28(31)19-22-7-11-25(12-8-22)32-21-23-5-2-1-3-6-23/h1-3,5-14,27H,4,15-21H2/t27-/m0/s1. The summed E-state index contributed by atoms with van der Waals surface area (Å²) < 4.78 is 24.2. The molecule has 1 fully saturated rings. The first-order valence-electron chi connectivity index (χ1n) is 11.5. The second-order valence-electron chi connectivity index (χ2n) is 8.41. The van der Waals surface area contributed by atoms with Crippen molar-refractivity contribution < 1.29 is 18.7 Å². The van der Waals surface area contributed by atoms with E-state index in [4.69, 9.17) is 9.47 Å². The molecular formula is C28H30FNO3. The fraction of sp³-hybridized carbons (Fsp3) is 0.321. The van der Waals surface area contributed by atoms with Crippen LogP contribution in [-0.4, -0.2) is 43.1 Å². The molecule has 0 N–H and O–H groups in total. The Bertz CT molecular complexity index is 1010. The largest absolute Gasteiger partial charge is 0.489 e. The van der Waals surface area contributed by atoms with Crippen LogP contribution in [0.3, 0.4) is 0 Å². The molecule has 0 unspecified atom stereocenters. The lowest BCUT2D eigenvalue weighted by Gasteiger charge is -2.16. The molecule has 1 saturated heterocycles. The third kappa shape index (κ3) is 6.90. The van der Waals surface area contributed by atoms with Crippen molar-refractivity contribution in [1.29, 1.82) is 0 Å². The van der Waals surface area contributed by atoms with Crippen LogP contribution in [0.1, 0.15) is 34.3 Å². The number of carbonyl (C=O) groups is 1. The van der Waals surface area contributed by atoms with Gasteiger partial charge >= 0.3 is 0 Å². The number of Topliss-reactive ketones (excluding diaryl/α,β-unsaturated/α-hetero) is 1. The molecule has 3 aromatic carbocycles. The predicted octanol–water partition coefficient (Wildman–Crippen LogP) is 5.50. The molecule has 172 valence electrons. The molecule has 0 aromatic heterocycles. The number of nitrogens with zero attached hydrogens (tertiary/aromatic N) is 1. The average Bonchev–Trinajstić information content (AvgIpc) is 3.30. The summed E-state index contributed by atoms with van der Waals surface area (Å²) in [7, 11) is 0. The van der Waals surface area contributed by atoms with Crippen LogP contribution < -0.4 is 9.47 Å². The van der Waals surface area contributed by atoms with Gasteiger partial charge in [0.05, 0.1) is 6.67 Å². The molecule has 0 amide bonds. The molecule has 0 spiro atoms. The van der Waals surface area contributed by atoms with Gasteiger partial charge in [-0.2, -0.15) is 0 Å². The second kappa shape index (κ2) is 11.6. The fourth-order valence-corrected chi connectivity index (χ4v) is 4.02. The van der Waals surface area contributed by atoms with E-state index >= 15 is 0 Å². The number of ether oxygens (including phenoxy) is 2. The van der Waals surface area contributed by atoms with Crippen molar-refractivity contribution >= 4 is 5.78 Å². The summed E-state index contributed by atoms with van der Waals surface area (Å²) in [4.78, 5) is 14.9. The molecular weight excluding hydrogens is 417 g/mol. The van der Waals surface area contributed by atoms with E-state index in [0.717, 1.165) is 48.7 Å². The van der Waals surface area contributed by atoms with E-state index < -0.39 is 0 Å². The molecule has 0 aliphatic carbocycles. The van der Waals surface area contributed by atoms with Crippen molar-refractivity contribution in [1.82, 2.24) is 4.90 Å². The number of likely N-dealkylation sites (tertiary alicyclic amines) is 1. The Morgan fingerprint density at radius 1 is 0.909 bits per heavy atom. The Hall–Kier alpha value is -3.18. The smallest absolute Gasteiger partial charge is 0.167 e. The number of benzene rings is 3. The topological polar surface area (TPSA) is 38.8 Å². The van der Waals surface area contributed by atoms with Crippen LogP contribution in [0.5, 0.6) is 11.5 Å². The van der Waals surface area contributed by atoms with Crippen LogP contribution in [0.2, 0.25) is 0 Å². The molecule has 4 nitrogen and oxygen atoms in total. The average molecular weight is 448 g/mol. The first-order chi connectivity index (χ1) is 16.2. The van der Waals surface area contributed by atoms with Crippen molar-refractivity contribution in [3.05, 3.63) is 95.6 Å². The van der Waals surface area contributed by atoms with Gasteiger partial charge in [0.1, 0.15) is 24.2 Å². The van der Waals surface area contributed by atoms with Gasteiger partial charge in [0.25, 0.3) is 0 Å². The van der Waals surface area contributed by atoms with Crippen LogP contribution in [0, 0.1) is 0 Å². The highest BCUT2D eigenvalue weighted by atomic mass is 19.1. The minimum absolute atomic E-state index is 0.0674. The van der Waals surface area contributed by atoms with Crippen molar-refractivity contribution in [2.24, 2.45) is 0 Å². The highest BCUT2D eigenvalue weighted by Crippen LogP contribution is 2.21. The lowest BCUT2D eigenvalue weighted by Crippen LogP contribution is -2.26. The Morgan fingerprint density at radius 2 is 1.64 bits per heavy atom. The van der Waals surface area contributed by atoms with Gasteiger partial charge in [0.15, 0.2) is 5.78 Å². The van der Waals surface area contributed by atoms with Gasteiger partial charge in [-0.15, -0.1) is 0 Å². The number of halogens is 1. The first kappa shape index (κ1) is 23.0. The minimum atomic E-state index is -0.274. The number of carbonyl (C=O) groups excluding carboxylic acids is 1. The SMILES string of the molecule is O=C(Cc1ccc(OCc2ccccc2)cc1)c1ccc(O[C@H]2CCN(CCCF)C2)cc1. The summed E-state index contributed by atoms with van der Waals surface area (Å²) in [6, 6.07) is 25.1. The minimum Gasteiger partial charge on any atom is -0.489 e. The van der Waals surface area contributed by atoms with E-state index in [-0.39, 0.29) is 18.6 Å². The zero-order valence-corrected chi connectivity index (χ0v) is 18.8. The van der Waals surface area contributed by atoms with Crippen molar-refractivity contribution in [3.63, 3.8) is 0 Å². The van der Waals surface area contributed by atoms with Crippen molar-refractivity contribution in [3.8, 4) is 11.5 Å². The third-order valence-corrected chi connectivity index (χ3v) is 5.85. The maximum Gasteiger partial charge on any atom is 0.167 e. The van der Waals surface area contributed by atoms with Gasteiger partial charge in [-0.05, 0) is 60.4 Å². The Morgan fingerprint density at radius 3 is 2.36 bits per heavy atom. The summed E-state index contributed by atoms with van der Waals surface area (Å²) in [6.07, 6.45) is 1.98. The number of hydrogen-bond acceptors (Lipinski definition) is 4.